The summed E-state index contributed by atoms with van der Waals surface area (Å²) in [6.45, 7) is 3.53. The number of primary amides is 1. The summed E-state index contributed by atoms with van der Waals surface area (Å²) in [7, 11) is 0. The number of aliphatic hydroxyl groups is 1. The van der Waals surface area contributed by atoms with Crippen molar-refractivity contribution < 1.29 is 9.90 Å². The summed E-state index contributed by atoms with van der Waals surface area (Å²) >= 11 is 0. The molecule has 0 aliphatic rings. The third kappa shape index (κ3) is 3.35. The number of hydrogen-bond acceptors (Lipinski definition) is 4. The minimum Gasteiger partial charge on any atom is -0.399 e. The third-order valence-electron chi connectivity index (χ3n) is 2.59. The fourth-order valence-corrected chi connectivity index (χ4v) is 1.74. The predicted octanol–water partition coefficient (Wildman–Crippen LogP) is 0.576. The number of rotatable bonds is 6. The molecule has 1 amide bonds. The highest BCUT2D eigenvalue weighted by Crippen LogP contribution is 2.23. The number of nitrogens with two attached hydrogens (primary N) is 2. The van der Waals surface area contributed by atoms with E-state index in [0.29, 0.717) is 24.2 Å². The van der Waals surface area contributed by atoms with Crippen LogP contribution < -0.4 is 16.4 Å². The Balaban J connectivity index is 3.05. The second-order valence-electron chi connectivity index (χ2n) is 3.80. The number of anilines is 2. The maximum atomic E-state index is 11.4. The van der Waals surface area contributed by atoms with Crippen LogP contribution in [-0.4, -0.2) is 30.7 Å². The van der Waals surface area contributed by atoms with E-state index in [0.717, 1.165) is 12.2 Å². The molecule has 0 unspecified atom stereocenters. The topological polar surface area (TPSA) is 92.6 Å². The lowest BCUT2D eigenvalue weighted by molar-refractivity contribution is 0.100. The fourth-order valence-electron chi connectivity index (χ4n) is 1.74. The summed E-state index contributed by atoms with van der Waals surface area (Å²) in [5.41, 5.74) is 12.7. The third-order valence-corrected chi connectivity index (χ3v) is 2.59. The number of aliphatic hydroxyl groups excluding tert-OH is 1. The zero-order chi connectivity index (χ0) is 12.8. The van der Waals surface area contributed by atoms with E-state index in [-0.39, 0.29) is 6.61 Å². The average molecular weight is 237 g/mol. The zero-order valence-corrected chi connectivity index (χ0v) is 10.0. The highest BCUT2D eigenvalue weighted by atomic mass is 16.3. The number of benzene rings is 1. The van der Waals surface area contributed by atoms with Gasteiger partial charge in [-0.15, -0.1) is 0 Å². The van der Waals surface area contributed by atoms with Crippen molar-refractivity contribution in [1.82, 2.24) is 0 Å². The molecule has 5 N–H and O–H groups in total. The van der Waals surface area contributed by atoms with E-state index in [2.05, 4.69) is 0 Å². The summed E-state index contributed by atoms with van der Waals surface area (Å²) < 4.78 is 0. The van der Waals surface area contributed by atoms with Gasteiger partial charge in [-0.05, 0) is 31.5 Å². The van der Waals surface area contributed by atoms with Crippen LogP contribution in [0.5, 0.6) is 0 Å². The van der Waals surface area contributed by atoms with E-state index in [1.165, 1.54) is 0 Å². The highest BCUT2D eigenvalue weighted by molar-refractivity contribution is 5.99. The maximum absolute atomic E-state index is 11.4. The van der Waals surface area contributed by atoms with Gasteiger partial charge in [0.25, 0.3) is 5.91 Å². The molecular weight excluding hydrogens is 218 g/mol. The Kier molecular flexibility index (Phi) is 4.78. The summed E-state index contributed by atoms with van der Waals surface area (Å²) in [5, 5.41) is 8.84. The minimum absolute atomic E-state index is 0.122. The Labute approximate surface area is 101 Å². The standard InChI is InChI=1S/C12H19N3O2/c1-2-15(6-3-7-16)11-5-4-9(13)8-10(11)12(14)17/h4-5,8,16H,2-3,6-7,13H2,1H3,(H2,14,17). The summed E-state index contributed by atoms with van der Waals surface area (Å²) in [6.07, 6.45) is 0.649. The first-order valence-corrected chi connectivity index (χ1v) is 5.65. The summed E-state index contributed by atoms with van der Waals surface area (Å²) in [6, 6.07) is 5.11. The lowest BCUT2D eigenvalue weighted by Crippen LogP contribution is -2.27. The Morgan fingerprint density at radius 1 is 1.47 bits per heavy atom. The van der Waals surface area contributed by atoms with Crippen LogP contribution in [0.15, 0.2) is 18.2 Å². The fraction of sp³-hybridized carbons (Fsp3) is 0.417. The zero-order valence-electron chi connectivity index (χ0n) is 10.0. The molecule has 94 valence electrons. The van der Waals surface area contributed by atoms with Crippen LogP contribution in [0.1, 0.15) is 23.7 Å². The van der Waals surface area contributed by atoms with Crippen LogP contribution in [-0.2, 0) is 0 Å². The highest BCUT2D eigenvalue weighted by Gasteiger charge is 2.13. The predicted molar refractivity (Wildman–Crippen MR) is 69.0 cm³/mol. The van der Waals surface area contributed by atoms with Crippen molar-refractivity contribution in [2.75, 3.05) is 30.3 Å². The number of amides is 1. The number of nitrogens with zero attached hydrogens (tertiary/aromatic N) is 1. The normalized spacial score (nSPS) is 10.2. The molecule has 0 saturated carbocycles. The second-order valence-corrected chi connectivity index (χ2v) is 3.80. The quantitative estimate of drug-likeness (QED) is 0.631. The lowest BCUT2D eigenvalue weighted by atomic mass is 10.1. The van der Waals surface area contributed by atoms with Crippen molar-refractivity contribution in [1.29, 1.82) is 0 Å². The van der Waals surface area contributed by atoms with Crippen molar-refractivity contribution in [2.24, 2.45) is 5.73 Å². The van der Waals surface area contributed by atoms with Gasteiger partial charge in [0, 0.05) is 31.1 Å². The van der Waals surface area contributed by atoms with Gasteiger partial charge in [-0.1, -0.05) is 0 Å². The average Bonchev–Trinajstić information content (AvgIpc) is 2.31. The number of nitrogen functional groups attached to an aromatic ring is 1. The molecule has 5 heteroatoms. The Morgan fingerprint density at radius 3 is 2.71 bits per heavy atom. The van der Waals surface area contributed by atoms with Crippen LogP contribution in [0.4, 0.5) is 11.4 Å². The van der Waals surface area contributed by atoms with Crippen LogP contribution in [0.25, 0.3) is 0 Å². The van der Waals surface area contributed by atoms with Crippen molar-refractivity contribution in [2.45, 2.75) is 13.3 Å². The van der Waals surface area contributed by atoms with Crippen molar-refractivity contribution in [3.63, 3.8) is 0 Å². The van der Waals surface area contributed by atoms with Crippen LogP contribution in [0.2, 0.25) is 0 Å². The van der Waals surface area contributed by atoms with Crippen molar-refractivity contribution in [3.8, 4) is 0 Å². The number of carbonyl (C=O) groups excluding carboxylic acids is 1. The van der Waals surface area contributed by atoms with Gasteiger partial charge in [-0.3, -0.25) is 4.79 Å². The molecule has 1 aromatic rings. The lowest BCUT2D eigenvalue weighted by Gasteiger charge is -2.24. The summed E-state index contributed by atoms with van der Waals surface area (Å²) in [4.78, 5) is 13.4. The van der Waals surface area contributed by atoms with E-state index in [9.17, 15) is 4.79 Å². The van der Waals surface area contributed by atoms with Crippen LogP contribution in [0, 0.1) is 0 Å². The van der Waals surface area contributed by atoms with E-state index in [1.54, 1.807) is 18.2 Å². The molecule has 1 aromatic carbocycles. The first-order valence-electron chi connectivity index (χ1n) is 5.65. The molecule has 0 fully saturated rings. The minimum atomic E-state index is -0.491. The maximum Gasteiger partial charge on any atom is 0.250 e. The van der Waals surface area contributed by atoms with Crippen LogP contribution >= 0.6 is 0 Å². The van der Waals surface area contributed by atoms with Gasteiger partial charge >= 0.3 is 0 Å². The molecule has 0 aliphatic heterocycles. The molecule has 0 saturated heterocycles. The van der Waals surface area contributed by atoms with E-state index in [1.807, 2.05) is 11.8 Å². The molecule has 0 bridgehead atoms. The number of hydrogen-bond donors (Lipinski definition) is 3. The summed E-state index contributed by atoms with van der Waals surface area (Å²) in [5.74, 6) is -0.491. The number of carbonyl (C=O) groups is 1. The monoisotopic (exact) mass is 237 g/mol. The molecule has 0 radical (unpaired) electrons. The Morgan fingerprint density at radius 2 is 2.18 bits per heavy atom. The molecular formula is C12H19N3O2. The van der Waals surface area contributed by atoms with Gasteiger partial charge in [-0.2, -0.15) is 0 Å². The largest absolute Gasteiger partial charge is 0.399 e. The van der Waals surface area contributed by atoms with E-state index < -0.39 is 5.91 Å². The SMILES string of the molecule is CCN(CCCO)c1ccc(N)cc1C(N)=O. The van der Waals surface area contributed by atoms with Gasteiger partial charge in [-0.25, -0.2) is 0 Å². The molecule has 0 aromatic heterocycles. The molecule has 5 nitrogen and oxygen atoms in total. The smallest absolute Gasteiger partial charge is 0.250 e. The molecule has 0 spiro atoms. The Hall–Kier alpha value is -1.75. The van der Waals surface area contributed by atoms with E-state index in [4.69, 9.17) is 16.6 Å². The van der Waals surface area contributed by atoms with Crippen molar-refractivity contribution >= 4 is 17.3 Å². The second kappa shape index (κ2) is 6.10. The van der Waals surface area contributed by atoms with Crippen molar-refractivity contribution in [3.05, 3.63) is 23.8 Å². The van der Waals surface area contributed by atoms with Crippen LogP contribution in [0.3, 0.4) is 0 Å². The molecule has 0 heterocycles. The molecule has 0 atom stereocenters. The van der Waals surface area contributed by atoms with Gasteiger partial charge < -0.3 is 21.5 Å². The Bertz CT molecular complexity index is 393. The first kappa shape index (κ1) is 13.3. The van der Waals surface area contributed by atoms with Gasteiger partial charge in [0.05, 0.1) is 5.56 Å². The van der Waals surface area contributed by atoms with Gasteiger partial charge in [0.2, 0.25) is 0 Å². The molecule has 1 rings (SSSR count). The first-order chi connectivity index (χ1) is 8.10. The molecule has 17 heavy (non-hydrogen) atoms. The van der Waals surface area contributed by atoms with Gasteiger partial charge in [0.15, 0.2) is 0 Å². The molecule has 0 aliphatic carbocycles. The van der Waals surface area contributed by atoms with E-state index >= 15 is 0 Å². The van der Waals surface area contributed by atoms with Gasteiger partial charge in [0.1, 0.15) is 0 Å².